The lowest BCUT2D eigenvalue weighted by molar-refractivity contribution is -0.121. The summed E-state index contributed by atoms with van der Waals surface area (Å²) in [6, 6.07) is 0.215. The van der Waals surface area contributed by atoms with Crippen LogP contribution in [0.2, 0.25) is 0 Å². The Bertz CT molecular complexity index is 252. The minimum absolute atomic E-state index is 0.121. The van der Waals surface area contributed by atoms with Crippen LogP contribution < -0.4 is 5.32 Å². The van der Waals surface area contributed by atoms with Gasteiger partial charge in [-0.05, 0) is 46.6 Å². The molecule has 4 heteroatoms. The van der Waals surface area contributed by atoms with Gasteiger partial charge in [-0.25, -0.2) is 0 Å². The van der Waals surface area contributed by atoms with E-state index in [0.717, 1.165) is 38.9 Å². The van der Waals surface area contributed by atoms with Crippen molar-refractivity contribution in [3.63, 3.8) is 0 Å². The van der Waals surface area contributed by atoms with E-state index in [-0.39, 0.29) is 11.9 Å². The Morgan fingerprint density at radius 1 is 1.41 bits per heavy atom. The number of hydrogen-bond donors (Lipinski definition) is 2. The Morgan fingerprint density at radius 3 is 2.76 bits per heavy atom. The molecule has 0 bridgehead atoms. The maximum absolute atomic E-state index is 11.5. The number of nitrogens with one attached hydrogen (secondary N) is 1. The van der Waals surface area contributed by atoms with Gasteiger partial charge in [0, 0.05) is 25.6 Å². The topological polar surface area (TPSA) is 52.6 Å². The molecule has 1 rings (SSSR count). The van der Waals surface area contributed by atoms with Crippen LogP contribution >= 0.6 is 0 Å². The summed E-state index contributed by atoms with van der Waals surface area (Å²) in [5.74, 6) is 0.121. The van der Waals surface area contributed by atoms with Gasteiger partial charge in [-0.15, -0.1) is 0 Å². The van der Waals surface area contributed by atoms with E-state index in [1.165, 1.54) is 0 Å². The van der Waals surface area contributed by atoms with Crippen molar-refractivity contribution in [3.8, 4) is 0 Å². The lowest BCUT2D eigenvalue weighted by Crippen LogP contribution is -2.35. The zero-order chi connectivity index (χ0) is 12.9. The molecular formula is C13H26N2O2. The molecule has 0 spiro atoms. The number of hydrogen-bond acceptors (Lipinski definition) is 3. The number of rotatable bonds is 4. The van der Waals surface area contributed by atoms with Gasteiger partial charge in [0.1, 0.15) is 0 Å². The molecule has 1 unspecified atom stereocenters. The molecule has 1 heterocycles. The van der Waals surface area contributed by atoms with E-state index in [1.807, 2.05) is 20.8 Å². The molecule has 1 atom stereocenters. The molecule has 0 radical (unpaired) electrons. The van der Waals surface area contributed by atoms with Crippen molar-refractivity contribution >= 4 is 5.91 Å². The first kappa shape index (κ1) is 14.5. The van der Waals surface area contributed by atoms with Gasteiger partial charge in [-0.2, -0.15) is 0 Å². The summed E-state index contributed by atoms with van der Waals surface area (Å²) in [7, 11) is 0. The molecule has 0 aromatic rings. The first-order chi connectivity index (χ1) is 7.89. The second-order valence-electron chi connectivity index (χ2n) is 5.66. The lowest BCUT2D eigenvalue weighted by atomic mass is 9.98. The Kier molecular flexibility index (Phi) is 5.40. The van der Waals surface area contributed by atoms with Gasteiger partial charge in [0.2, 0.25) is 5.91 Å². The number of nitrogens with zero attached hydrogens (tertiary/aromatic N) is 1. The lowest BCUT2D eigenvalue weighted by Gasteiger charge is -2.22. The standard InChI is InChI=1S/C13H26N2O2/c1-11(2)14-12(16)5-9-15-8-4-6-13(3,17)7-10-15/h11,17H,4-10H2,1-3H3,(H,14,16). The highest BCUT2D eigenvalue weighted by atomic mass is 16.3. The van der Waals surface area contributed by atoms with Crippen molar-refractivity contribution in [2.45, 2.75) is 58.1 Å². The minimum Gasteiger partial charge on any atom is -0.390 e. The summed E-state index contributed by atoms with van der Waals surface area (Å²) in [6.07, 6.45) is 3.24. The van der Waals surface area contributed by atoms with Crippen LogP contribution in [0.3, 0.4) is 0 Å². The van der Waals surface area contributed by atoms with Gasteiger partial charge >= 0.3 is 0 Å². The van der Waals surface area contributed by atoms with E-state index in [9.17, 15) is 9.90 Å². The predicted molar refractivity (Wildman–Crippen MR) is 68.8 cm³/mol. The van der Waals surface area contributed by atoms with Crippen LogP contribution in [0.1, 0.15) is 46.5 Å². The molecule has 1 aliphatic rings. The van der Waals surface area contributed by atoms with E-state index in [0.29, 0.717) is 6.42 Å². The van der Waals surface area contributed by atoms with Crippen LogP contribution in [-0.4, -0.2) is 47.2 Å². The third-order valence-electron chi connectivity index (χ3n) is 3.26. The molecule has 1 amide bonds. The fraction of sp³-hybridized carbons (Fsp3) is 0.923. The molecule has 1 fully saturated rings. The van der Waals surface area contributed by atoms with E-state index in [2.05, 4.69) is 10.2 Å². The molecule has 1 aliphatic heterocycles. The molecule has 4 nitrogen and oxygen atoms in total. The van der Waals surface area contributed by atoms with Crippen molar-refractivity contribution in [1.29, 1.82) is 0 Å². The van der Waals surface area contributed by atoms with Gasteiger partial charge < -0.3 is 15.3 Å². The van der Waals surface area contributed by atoms with Gasteiger partial charge in [0.15, 0.2) is 0 Å². The summed E-state index contributed by atoms with van der Waals surface area (Å²) in [5.41, 5.74) is -0.519. The first-order valence-corrected chi connectivity index (χ1v) is 6.63. The zero-order valence-corrected chi connectivity index (χ0v) is 11.3. The highest BCUT2D eigenvalue weighted by molar-refractivity contribution is 5.76. The molecule has 0 aromatic carbocycles. The van der Waals surface area contributed by atoms with E-state index in [4.69, 9.17) is 0 Å². The average molecular weight is 242 g/mol. The monoisotopic (exact) mass is 242 g/mol. The van der Waals surface area contributed by atoms with Crippen molar-refractivity contribution in [2.75, 3.05) is 19.6 Å². The number of amides is 1. The largest absolute Gasteiger partial charge is 0.390 e. The third kappa shape index (κ3) is 6.03. The molecule has 0 aliphatic carbocycles. The average Bonchev–Trinajstić information content (AvgIpc) is 2.35. The van der Waals surface area contributed by atoms with Crippen molar-refractivity contribution in [2.24, 2.45) is 0 Å². The summed E-state index contributed by atoms with van der Waals surface area (Å²) in [4.78, 5) is 13.8. The Balaban J connectivity index is 2.26. The summed E-state index contributed by atoms with van der Waals surface area (Å²) in [6.45, 7) is 8.53. The maximum atomic E-state index is 11.5. The molecule has 0 aromatic heterocycles. The van der Waals surface area contributed by atoms with Crippen LogP contribution in [0, 0.1) is 0 Å². The Hall–Kier alpha value is -0.610. The molecule has 2 N–H and O–H groups in total. The summed E-state index contributed by atoms with van der Waals surface area (Å²) >= 11 is 0. The summed E-state index contributed by atoms with van der Waals surface area (Å²) < 4.78 is 0. The quantitative estimate of drug-likeness (QED) is 0.777. The number of carbonyl (C=O) groups is 1. The van der Waals surface area contributed by atoms with E-state index < -0.39 is 5.60 Å². The minimum atomic E-state index is -0.519. The van der Waals surface area contributed by atoms with Crippen molar-refractivity contribution < 1.29 is 9.90 Å². The van der Waals surface area contributed by atoms with Crippen LogP contribution in [0.15, 0.2) is 0 Å². The van der Waals surface area contributed by atoms with Crippen LogP contribution in [0.4, 0.5) is 0 Å². The SMILES string of the molecule is CC(C)NC(=O)CCN1CCCC(C)(O)CC1. The van der Waals surface area contributed by atoms with Gasteiger partial charge in [-0.1, -0.05) is 0 Å². The van der Waals surface area contributed by atoms with E-state index in [1.54, 1.807) is 0 Å². The van der Waals surface area contributed by atoms with Gasteiger partial charge in [-0.3, -0.25) is 4.79 Å². The van der Waals surface area contributed by atoms with Crippen molar-refractivity contribution in [3.05, 3.63) is 0 Å². The number of likely N-dealkylation sites (tertiary alicyclic amines) is 1. The number of carbonyl (C=O) groups excluding carboxylic acids is 1. The highest BCUT2D eigenvalue weighted by Gasteiger charge is 2.24. The second kappa shape index (κ2) is 6.36. The smallest absolute Gasteiger partial charge is 0.221 e. The van der Waals surface area contributed by atoms with Gasteiger partial charge in [0.05, 0.1) is 5.60 Å². The Labute approximate surface area is 104 Å². The predicted octanol–water partition coefficient (Wildman–Crippen LogP) is 1.14. The molecular weight excluding hydrogens is 216 g/mol. The van der Waals surface area contributed by atoms with Crippen molar-refractivity contribution in [1.82, 2.24) is 10.2 Å². The third-order valence-corrected chi connectivity index (χ3v) is 3.26. The second-order valence-corrected chi connectivity index (χ2v) is 5.66. The van der Waals surface area contributed by atoms with Crippen LogP contribution in [-0.2, 0) is 4.79 Å². The fourth-order valence-corrected chi connectivity index (χ4v) is 2.20. The fourth-order valence-electron chi connectivity index (χ4n) is 2.20. The highest BCUT2D eigenvalue weighted by Crippen LogP contribution is 2.21. The first-order valence-electron chi connectivity index (χ1n) is 6.63. The Morgan fingerprint density at radius 2 is 2.12 bits per heavy atom. The maximum Gasteiger partial charge on any atom is 0.221 e. The molecule has 100 valence electrons. The van der Waals surface area contributed by atoms with Gasteiger partial charge in [0.25, 0.3) is 0 Å². The molecule has 1 saturated heterocycles. The van der Waals surface area contributed by atoms with E-state index >= 15 is 0 Å². The molecule has 17 heavy (non-hydrogen) atoms. The van der Waals surface area contributed by atoms with Crippen LogP contribution in [0.25, 0.3) is 0 Å². The molecule has 0 saturated carbocycles. The normalized spacial score (nSPS) is 26.9. The van der Waals surface area contributed by atoms with Crippen LogP contribution in [0.5, 0.6) is 0 Å². The summed E-state index contributed by atoms with van der Waals surface area (Å²) in [5, 5.41) is 12.9. The number of aliphatic hydroxyl groups is 1. The zero-order valence-electron chi connectivity index (χ0n) is 11.3.